The van der Waals surface area contributed by atoms with E-state index >= 15 is 0 Å². The first-order valence-corrected chi connectivity index (χ1v) is 9.90. The number of hydrogen-bond donors (Lipinski definition) is 2. The Labute approximate surface area is 178 Å². The van der Waals surface area contributed by atoms with Crippen molar-refractivity contribution in [3.63, 3.8) is 0 Å². The molecule has 1 aliphatic heterocycles. The predicted octanol–water partition coefficient (Wildman–Crippen LogP) is 2.79. The summed E-state index contributed by atoms with van der Waals surface area (Å²) < 4.78 is 0. The minimum atomic E-state index is -1.12. The number of nitrogens with one attached hydrogen (secondary N) is 1. The van der Waals surface area contributed by atoms with E-state index in [-0.39, 0.29) is 29.5 Å². The van der Waals surface area contributed by atoms with E-state index in [1.807, 2.05) is 0 Å². The van der Waals surface area contributed by atoms with Crippen LogP contribution in [0.1, 0.15) is 57.3 Å². The van der Waals surface area contributed by atoms with E-state index < -0.39 is 35.7 Å². The van der Waals surface area contributed by atoms with Crippen molar-refractivity contribution in [2.75, 3.05) is 5.32 Å². The largest absolute Gasteiger partial charge is 0.480 e. The average molecular weight is 422 g/mol. The van der Waals surface area contributed by atoms with Crippen molar-refractivity contribution in [3.8, 4) is 0 Å². The molecule has 8 heteroatoms. The Morgan fingerprint density at radius 1 is 1.03 bits per heavy atom. The number of benzene rings is 2. The Balaban J connectivity index is 1.98. The number of carbonyl (C=O) groups is 5. The van der Waals surface area contributed by atoms with Crippen LogP contribution >= 0.6 is 0 Å². The minimum Gasteiger partial charge on any atom is -0.480 e. The summed E-state index contributed by atoms with van der Waals surface area (Å²) in [7, 11) is 0. The molecule has 2 unspecified atom stereocenters. The lowest BCUT2D eigenvalue weighted by atomic mass is 9.96. The molecule has 0 saturated heterocycles. The zero-order valence-electron chi connectivity index (χ0n) is 16.9. The maximum Gasteiger partial charge on any atom is 0.325 e. The van der Waals surface area contributed by atoms with Gasteiger partial charge in [0.25, 0.3) is 11.8 Å². The molecule has 8 nitrogen and oxygen atoms in total. The Kier molecular flexibility index (Phi) is 6.59. The lowest BCUT2D eigenvalue weighted by molar-refractivity contribution is -0.137. The molecule has 1 aliphatic rings. The zero-order chi connectivity index (χ0) is 22.5. The lowest BCUT2D eigenvalue weighted by Gasteiger charge is -2.26. The number of nitrogens with zero attached hydrogens (tertiary/aromatic N) is 1. The molecule has 1 heterocycles. The van der Waals surface area contributed by atoms with Crippen molar-refractivity contribution >= 4 is 35.5 Å². The van der Waals surface area contributed by atoms with E-state index in [2.05, 4.69) is 5.32 Å². The van der Waals surface area contributed by atoms with Gasteiger partial charge >= 0.3 is 5.97 Å². The fourth-order valence-corrected chi connectivity index (χ4v) is 3.56. The van der Waals surface area contributed by atoms with Crippen molar-refractivity contribution in [2.24, 2.45) is 0 Å². The molecule has 2 amide bonds. The van der Waals surface area contributed by atoms with Crippen LogP contribution in [0.5, 0.6) is 0 Å². The first kappa shape index (κ1) is 21.9. The molecule has 0 aliphatic carbocycles. The van der Waals surface area contributed by atoms with Crippen LogP contribution in [0.15, 0.2) is 48.5 Å². The zero-order valence-corrected chi connectivity index (χ0v) is 16.9. The Morgan fingerprint density at radius 3 is 2.19 bits per heavy atom. The van der Waals surface area contributed by atoms with Crippen LogP contribution in [0, 0.1) is 0 Å². The molecule has 31 heavy (non-hydrogen) atoms. The molecule has 3 rings (SSSR count). The predicted molar refractivity (Wildman–Crippen MR) is 112 cm³/mol. The van der Waals surface area contributed by atoms with Crippen molar-refractivity contribution in [1.29, 1.82) is 0 Å². The van der Waals surface area contributed by atoms with Gasteiger partial charge < -0.3 is 15.2 Å². The number of amides is 2. The molecule has 0 fully saturated rings. The molecule has 0 saturated carbocycles. The molecular weight excluding hydrogens is 400 g/mol. The van der Waals surface area contributed by atoms with Gasteiger partial charge in [0, 0.05) is 17.7 Å². The van der Waals surface area contributed by atoms with Gasteiger partial charge in [0.1, 0.15) is 18.4 Å². The smallest absolute Gasteiger partial charge is 0.325 e. The Hall–Kier alpha value is -3.81. The molecule has 2 N–H and O–H groups in total. The van der Waals surface area contributed by atoms with Gasteiger partial charge in [-0.3, -0.25) is 24.1 Å². The molecule has 2 aromatic carbocycles. The van der Waals surface area contributed by atoms with E-state index in [4.69, 9.17) is 0 Å². The summed E-state index contributed by atoms with van der Waals surface area (Å²) in [4.78, 5) is 62.4. The number of rotatable bonds is 10. The third kappa shape index (κ3) is 4.37. The topological polar surface area (TPSA) is 121 Å². The molecule has 0 spiro atoms. The van der Waals surface area contributed by atoms with Crippen LogP contribution in [0.4, 0.5) is 5.69 Å². The third-order valence-corrected chi connectivity index (χ3v) is 5.17. The summed E-state index contributed by atoms with van der Waals surface area (Å²) in [5, 5.41) is 12.0. The number of unbranched alkanes of at least 4 members (excludes halogenated alkanes) is 1. The van der Waals surface area contributed by atoms with Crippen LogP contribution in [0.2, 0.25) is 0 Å². The summed E-state index contributed by atoms with van der Waals surface area (Å²) in [6.07, 6.45) is 1.33. The summed E-state index contributed by atoms with van der Waals surface area (Å²) in [5.41, 5.74) is 0.917. The Bertz CT molecular complexity index is 1010. The highest BCUT2D eigenvalue weighted by Crippen LogP contribution is 2.29. The van der Waals surface area contributed by atoms with E-state index in [1.54, 1.807) is 30.3 Å². The third-order valence-electron chi connectivity index (χ3n) is 5.17. The van der Waals surface area contributed by atoms with Crippen LogP contribution in [0.3, 0.4) is 0 Å². The molecule has 2 atom stereocenters. The van der Waals surface area contributed by atoms with Gasteiger partial charge in [0.15, 0.2) is 5.78 Å². The van der Waals surface area contributed by atoms with Crippen molar-refractivity contribution in [2.45, 2.75) is 38.3 Å². The standard InChI is InChI=1S/C23H22N2O6/c1-14(23(30)31)24-18-11-5-4-10-17(18)20(27)19(12-6-7-13-26)25-21(28)15-8-2-3-9-16(15)22(25)29/h2-5,8-11,13-14,19,24H,6-7,12H2,1H3,(H,30,31). The minimum absolute atomic E-state index is 0.117. The summed E-state index contributed by atoms with van der Waals surface area (Å²) in [6, 6.07) is 10.6. The maximum absolute atomic E-state index is 13.5. The number of carboxylic acid groups (broad SMARTS) is 1. The first-order chi connectivity index (χ1) is 14.9. The summed E-state index contributed by atoms with van der Waals surface area (Å²) in [5.74, 6) is -2.71. The van der Waals surface area contributed by atoms with E-state index in [0.29, 0.717) is 18.4 Å². The van der Waals surface area contributed by atoms with Crippen molar-refractivity contribution < 1.29 is 29.1 Å². The van der Waals surface area contributed by atoms with E-state index in [1.165, 1.54) is 25.1 Å². The van der Waals surface area contributed by atoms with Gasteiger partial charge in [0.05, 0.1) is 11.1 Å². The molecule has 0 bridgehead atoms. The van der Waals surface area contributed by atoms with Gasteiger partial charge in [-0.05, 0) is 44.0 Å². The number of aldehydes is 1. The highest BCUT2D eigenvalue weighted by atomic mass is 16.4. The number of imide groups is 1. The number of Topliss-reactive ketones (excluding diaryl/α,β-unsaturated/α-hetero) is 1. The molecule has 0 radical (unpaired) electrons. The average Bonchev–Trinajstić information content (AvgIpc) is 3.02. The van der Waals surface area contributed by atoms with Gasteiger partial charge in [0.2, 0.25) is 0 Å². The van der Waals surface area contributed by atoms with Gasteiger partial charge in [-0.1, -0.05) is 24.3 Å². The van der Waals surface area contributed by atoms with Crippen LogP contribution in [0.25, 0.3) is 0 Å². The fourth-order valence-electron chi connectivity index (χ4n) is 3.56. The molecular formula is C23H22N2O6. The van der Waals surface area contributed by atoms with Crippen molar-refractivity contribution in [1.82, 2.24) is 4.90 Å². The SMILES string of the molecule is CC(Nc1ccccc1C(=O)C(CCCC=O)N1C(=O)c2ccccc2C1=O)C(=O)O. The second-order valence-corrected chi connectivity index (χ2v) is 7.25. The number of ketones is 1. The second kappa shape index (κ2) is 9.34. The Morgan fingerprint density at radius 2 is 1.61 bits per heavy atom. The fraction of sp³-hybridized carbons (Fsp3) is 0.261. The highest BCUT2D eigenvalue weighted by molar-refractivity contribution is 6.24. The van der Waals surface area contributed by atoms with Crippen LogP contribution < -0.4 is 5.32 Å². The van der Waals surface area contributed by atoms with Gasteiger partial charge in [-0.2, -0.15) is 0 Å². The van der Waals surface area contributed by atoms with Gasteiger partial charge in [-0.15, -0.1) is 0 Å². The van der Waals surface area contributed by atoms with E-state index in [9.17, 15) is 29.1 Å². The normalized spacial score (nSPS) is 14.7. The molecule has 160 valence electrons. The number of fused-ring (bicyclic) bond motifs is 1. The van der Waals surface area contributed by atoms with Crippen molar-refractivity contribution in [3.05, 3.63) is 65.2 Å². The highest BCUT2D eigenvalue weighted by Gasteiger charge is 2.42. The van der Waals surface area contributed by atoms with Gasteiger partial charge in [-0.25, -0.2) is 0 Å². The van der Waals surface area contributed by atoms with E-state index in [0.717, 1.165) is 4.90 Å². The second-order valence-electron chi connectivity index (χ2n) is 7.25. The number of para-hydroxylation sites is 1. The quantitative estimate of drug-likeness (QED) is 0.261. The first-order valence-electron chi connectivity index (χ1n) is 9.90. The molecule has 2 aromatic rings. The number of aliphatic carboxylic acids is 1. The maximum atomic E-state index is 13.5. The van der Waals surface area contributed by atoms with Crippen LogP contribution in [-0.2, 0) is 9.59 Å². The number of carbonyl (C=O) groups excluding carboxylic acids is 4. The monoisotopic (exact) mass is 422 g/mol. The molecule has 0 aromatic heterocycles. The summed E-state index contributed by atoms with van der Waals surface area (Å²) >= 11 is 0. The number of hydrogen-bond acceptors (Lipinski definition) is 6. The number of carboxylic acids is 1. The lowest BCUT2D eigenvalue weighted by Crippen LogP contribution is -2.45. The number of anilines is 1. The summed E-state index contributed by atoms with van der Waals surface area (Å²) in [6.45, 7) is 1.44. The van der Waals surface area contributed by atoms with Crippen LogP contribution in [-0.4, -0.2) is 51.9 Å².